The number of benzene rings is 2. The van der Waals surface area contributed by atoms with Gasteiger partial charge in [-0.3, -0.25) is 19.4 Å². The molecule has 0 saturated carbocycles. The molecule has 10 nitrogen and oxygen atoms in total. The number of nitrogens with zero attached hydrogens (tertiary/aromatic N) is 2. The van der Waals surface area contributed by atoms with E-state index in [1.807, 2.05) is 23.3 Å². The van der Waals surface area contributed by atoms with E-state index in [2.05, 4.69) is 9.98 Å². The molecule has 0 saturated heterocycles. The van der Waals surface area contributed by atoms with E-state index >= 15 is 0 Å². The van der Waals surface area contributed by atoms with Crippen LogP contribution in [0.3, 0.4) is 0 Å². The Morgan fingerprint density at radius 3 is 1.31 bits per heavy atom. The molecule has 0 amide bonds. The molecule has 0 unspecified atom stereocenters. The van der Waals surface area contributed by atoms with Crippen molar-refractivity contribution in [2.45, 2.75) is 23.6 Å². The number of aliphatic imine (C=N–C) groups is 2. The minimum absolute atomic E-state index is 0. The predicted molar refractivity (Wildman–Crippen MR) is 133 cm³/mol. The maximum Gasteiger partial charge on any atom is 1.00 e. The van der Waals surface area contributed by atoms with Crippen LogP contribution in [0.1, 0.15) is 11.1 Å². The largest absolute Gasteiger partial charge is 1.00 e. The van der Waals surface area contributed by atoms with Gasteiger partial charge in [-0.25, -0.2) is 16.8 Å². The molecular weight excluding hydrogens is 566 g/mol. The second-order valence-electron chi connectivity index (χ2n) is 6.85. The Morgan fingerprint density at radius 1 is 0.694 bits per heavy atom. The Labute approximate surface area is 264 Å². The normalized spacial score (nSPS) is 12.3. The average Bonchev–Trinajstić information content (AvgIpc) is 2.75. The van der Waals surface area contributed by atoms with Gasteiger partial charge in [-0.1, -0.05) is 57.0 Å². The van der Waals surface area contributed by atoms with Gasteiger partial charge in [0.1, 0.15) is 0 Å². The van der Waals surface area contributed by atoms with Gasteiger partial charge in [0.05, 0.1) is 21.8 Å². The second-order valence-corrected chi connectivity index (χ2v) is 12.9. The summed E-state index contributed by atoms with van der Waals surface area (Å²) in [6.45, 7) is 3.83. The third-order valence-corrected chi connectivity index (χ3v) is 9.09. The van der Waals surface area contributed by atoms with E-state index in [1.165, 1.54) is 45.9 Å². The molecule has 2 aromatic rings. The van der Waals surface area contributed by atoms with Crippen LogP contribution in [0, 0.1) is 13.8 Å². The third kappa shape index (κ3) is 12.9. The van der Waals surface area contributed by atoms with Crippen molar-refractivity contribution in [3.63, 3.8) is 0 Å². The monoisotopic (exact) mass is 590 g/mol. The fourth-order valence-electron chi connectivity index (χ4n) is 2.33. The van der Waals surface area contributed by atoms with Crippen LogP contribution in [-0.4, -0.2) is 53.5 Å². The van der Waals surface area contributed by atoms with Crippen LogP contribution in [-0.2, 0) is 20.0 Å². The molecule has 186 valence electrons. The fraction of sp³-hybridized carbons (Fsp3) is 0.300. The van der Waals surface area contributed by atoms with Gasteiger partial charge < -0.3 is 10.2 Å². The van der Waals surface area contributed by atoms with Crippen molar-refractivity contribution in [3.8, 4) is 0 Å². The van der Waals surface area contributed by atoms with Crippen LogP contribution < -0.4 is 78.8 Å². The SMILES string of the molecule is Cc1ccc(S(=O)(=O)NC([O-])=NCCSSCCN=C([O-])NS(=O)(=O)c2ccc(C)cc2)cc1.[Na+].[Na+]. The summed E-state index contributed by atoms with van der Waals surface area (Å²) in [5, 5.41) is 23.5. The summed E-state index contributed by atoms with van der Waals surface area (Å²) in [7, 11) is -5.23. The second kappa shape index (κ2) is 17.2. The molecule has 0 fully saturated rings. The molecule has 2 rings (SSSR count). The molecule has 0 bridgehead atoms. The summed E-state index contributed by atoms with van der Waals surface area (Å²) in [6.07, 6.45) is 0. The Hall–Kier alpha value is -0.420. The predicted octanol–water partition coefficient (Wildman–Crippen LogP) is -5.62. The van der Waals surface area contributed by atoms with Gasteiger partial charge in [0.15, 0.2) is 0 Å². The van der Waals surface area contributed by atoms with Crippen LogP contribution in [0.15, 0.2) is 68.3 Å². The molecule has 0 spiro atoms. The summed E-state index contributed by atoms with van der Waals surface area (Å²) in [5.41, 5.74) is 1.79. The molecule has 0 aliphatic rings. The molecular formula is C20H24N4Na2O6S4. The van der Waals surface area contributed by atoms with Crippen LogP contribution in [0.5, 0.6) is 0 Å². The fourth-order valence-corrected chi connectivity index (χ4v) is 5.87. The van der Waals surface area contributed by atoms with E-state index in [1.54, 1.807) is 24.3 Å². The van der Waals surface area contributed by atoms with Gasteiger partial charge >= 0.3 is 59.1 Å². The Bertz CT molecular complexity index is 1130. The first-order chi connectivity index (χ1) is 16.0. The number of nitrogens with one attached hydrogen (secondary N) is 2. The van der Waals surface area contributed by atoms with E-state index in [4.69, 9.17) is 0 Å². The summed E-state index contributed by atoms with van der Waals surface area (Å²) >= 11 is 0. The van der Waals surface area contributed by atoms with Gasteiger partial charge in [-0.05, 0) is 38.1 Å². The molecule has 0 heterocycles. The zero-order valence-corrected chi connectivity index (χ0v) is 27.7. The van der Waals surface area contributed by atoms with Crippen molar-refractivity contribution in [2.24, 2.45) is 9.98 Å². The molecule has 0 atom stereocenters. The van der Waals surface area contributed by atoms with E-state index in [0.29, 0.717) is 11.5 Å². The Morgan fingerprint density at radius 2 is 1.00 bits per heavy atom. The average molecular weight is 591 g/mol. The molecule has 0 radical (unpaired) electrons. The number of hydrogen-bond acceptors (Lipinski definition) is 10. The van der Waals surface area contributed by atoms with E-state index in [9.17, 15) is 27.0 Å². The van der Waals surface area contributed by atoms with Crippen LogP contribution in [0.25, 0.3) is 0 Å². The van der Waals surface area contributed by atoms with Crippen LogP contribution >= 0.6 is 21.6 Å². The van der Waals surface area contributed by atoms with Gasteiger partial charge in [0.25, 0.3) is 20.0 Å². The molecule has 0 aliphatic heterocycles. The van der Waals surface area contributed by atoms with Crippen LogP contribution in [0.2, 0.25) is 0 Å². The Balaban J connectivity index is 0.00000612. The molecule has 2 aromatic carbocycles. The number of hydrogen-bond donors (Lipinski definition) is 2. The quantitative estimate of drug-likeness (QED) is 0.0861. The number of aryl methyl sites for hydroxylation is 2. The topological polar surface area (TPSA) is 163 Å². The summed E-state index contributed by atoms with van der Waals surface area (Å²) < 4.78 is 52.2. The van der Waals surface area contributed by atoms with Crippen molar-refractivity contribution in [1.29, 1.82) is 0 Å². The molecule has 2 N–H and O–H groups in total. The van der Waals surface area contributed by atoms with Crippen molar-refractivity contribution >= 4 is 53.7 Å². The smallest absolute Gasteiger partial charge is 0.846 e. The minimum atomic E-state index is -3.97. The first kappa shape index (κ1) is 35.6. The number of rotatable bonds is 11. The van der Waals surface area contributed by atoms with E-state index in [0.717, 1.165) is 11.1 Å². The van der Waals surface area contributed by atoms with Crippen molar-refractivity contribution in [1.82, 2.24) is 9.44 Å². The van der Waals surface area contributed by atoms with Crippen molar-refractivity contribution in [3.05, 3.63) is 59.7 Å². The molecule has 0 aromatic heterocycles. The van der Waals surface area contributed by atoms with Gasteiger partial charge in [0.2, 0.25) is 0 Å². The number of amidine groups is 2. The third-order valence-electron chi connectivity index (χ3n) is 4.05. The zero-order chi connectivity index (χ0) is 25.2. The van der Waals surface area contributed by atoms with Gasteiger partial charge in [-0.2, -0.15) is 0 Å². The Kier molecular flexibility index (Phi) is 17.0. The summed E-state index contributed by atoms with van der Waals surface area (Å²) in [6, 6.07) is 10.2. The van der Waals surface area contributed by atoms with E-state index < -0.39 is 32.1 Å². The molecule has 36 heavy (non-hydrogen) atoms. The van der Waals surface area contributed by atoms with Gasteiger partial charge in [-0.15, -0.1) is 0 Å². The summed E-state index contributed by atoms with van der Waals surface area (Å²) in [5.74, 6) is 0.854. The molecule has 16 heteroatoms. The number of sulfonamides is 2. The minimum Gasteiger partial charge on any atom is -0.846 e. The zero-order valence-electron chi connectivity index (χ0n) is 20.4. The first-order valence-electron chi connectivity index (χ1n) is 9.86. The van der Waals surface area contributed by atoms with Crippen molar-refractivity contribution < 1.29 is 86.2 Å². The maximum absolute atomic E-state index is 12.1. The summed E-state index contributed by atoms with van der Waals surface area (Å²) in [4.78, 5) is 7.27. The maximum atomic E-state index is 12.1. The van der Waals surface area contributed by atoms with E-state index in [-0.39, 0.29) is 82.0 Å². The van der Waals surface area contributed by atoms with Crippen LogP contribution in [0.4, 0.5) is 0 Å². The van der Waals surface area contributed by atoms with Crippen molar-refractivity contribution in [2.75, 3.05) is 24.6 Å². The standard InChI is InChI=1S/C20H26N4O6S4.2Na/c1-15-3-7-17(8-4-15)33(27,28)23-19(25)21-11-13-31-32-14-12-22-20(26)24-34(29,30)18-9-5-16(2)6-10-18;;/h3-10H,11-14H2,1-2H3,(H2,21,23,25)(H2,22,24,26);;/q;2*+1/p-2. The first-order valence-corrected chi connectivity index (χ1v) is 15.3. The molecule has 0 aliphatic carbocycles. The van der Waals surface area contributed by atoms with Gasteiger partial charge in [0, 0.05) is 24.6 Å².